The molecule has 0 N–H and O–H groups in total. The first-order chi connectivity index (χ1) is 6.81. The third-order valence-corrected chi connectivity index (χ3v) is 2.19. The Hall–Kier alpha value is -1.35. The Morgan fingerprint density at radius 2 is 2.07 bits per heavy atom. The lowest BCUT2D eigenvalue weighted by atomic mass is 10.1. The third-order valence-electron chi connectivity index (χ3n) is 1.96. The molecule has 0 radical (unpaired) electrons. The van der Waals surface area contributed by atoms with Crippen LogP contribution in [0.4, 0.5) is 0 Å². The van der Waals surface area contributed by atoms with Crippen LogP contribution in [0.1, 0.15) is 11.5 Å². The normalized spacial score (nSPS) is 10.4. The van der Waals surface area contributed by atoms with Crippen molar-refractivity contribution in [2.24, 2.45) is 0 Å². The molecular weight excluding hydrogens is 200 g/mol. The summed E-state index contributed by atoms with van der Waals surface area (Å²) in [5.74, 6) is 1.22. The first-order valence-corrected chi connectivity index (χ1v) is 4.79. The van der Waals surface area contributed by atoms with E-state index in [9.17, 15) is 0 Å². The van der Waals surface area contributed by atoms with Crippen LogP contribution in [0, 0.1) is 6.92 Å². The van der Waals surface area contributed by atoms with Crippen molar-refractivity contribution in [2.45, 2.75) is 12.8 Å². The fourth-order valence-corrected chi connectivity index (χ4v) is 1.34. The van der Waals surface area contributed by atoms with Crippen molar-refractivity contribution in [1.82, 2.24) is 10.2 Å². The van der Waals surface area contributed by atoms with Gasteiger partial charge < -0.3 is 4.42 Å². The van der Waals surface area contributed by atoms with Gasteiger partial charge in [-0.15, -0.1) is 21.8 Å². The maximum Gasteiger partial charge on any atom is 0.248 e. The number of hydrogen-bond acceptors (Lipinski definition) is 3. The van der Waals surface area contributed by atoms with Crippen molar-refractivity contribution in [2.75, 3.05) is 0 Å². The highest BCUT2D eigenvalue weighted by Crippen LogP contribution is 2.21. The van der Waals surface area contributed by atoms with Crippen molar-refractivity contribution in [3.05, 3.63) is 35.7 Å². The Labute approximate surface area is 86.7 Å². The molecule has 3 nitrogen and oxygen atoms in total. The lowest BCUT2D eigenvalue weighted by molar-refractivity contribution is 0.527. The standard InChI is InChI=1S/C10H9ClN2O/c1-7-4-2-3-5-8(7)10-13-12-9(6-11)14-10/h2-5H,6H2,1H3. The van der Waals surface area contributed by atoms with Gasteiger partial charge in [0, 0.05) is 5.56 Å². The molecule has 0 unspecified atom stereocenters. The highest BCUT2D eigenvalue weighted by molar-refractivity contribution is 6.16. The minimum atomic E-state index is 0.249. The summed E-state index contributed by atoms with van der Waals surface area (Å²) in [6.07, 6.45) is 0. The molecule has 0 saturated carbocycles. The molecule has 1 aromatic carbocycles. The Bertz CT molecular complexity index is 439. The quantitative estimate of drug-likeness (QED) is 0.713. The predicted octanol–water partition coefficient (Wildman–Crippen LogP) is 2.78. The number of alkyl halides is 1. The van der Waals surface area contributed by atoms with Gasteiger partial charge in [0.2, 0.25) is 11.8 Å². The molecule has 0 atom stereocenters. The van der Waals surface area contributed by atoms with E-state index < -0.39 is 0 Å². The van der Waals surface area contributed by atoms with E-state index in [1.165, 1.54) is 0 Å². The molecule has 0 aliphatic rings. The van der Waals surface area contributed by atoms with E-state index in [0.717, 1.165) is 11.1 Å². The Morgan fingerprint density at radius 3 is 2.71 bits per heavy atom. The van der Waals surface area contributed by atoms with Crippen LogP contribution in [-0.4, -0.2) is 10.2 Å². The van der Waals surface area contributed by atoms with Crippen LogP contribution < -0.4 is 0 Å². The van der Waals surface area contributed by atoms with Gasteiger partial charge in [-0.25, -0.2) is 0 Å². The predicted molar refractivity (Wildman–Crippen MR) is 54.0 cm³/mol. The lowest BCUT2D eigenvalue weighted by Gasteiger charge is -1.98. The van der Waals surface area contributed by atoms with Gasteiger partial charge in [-0.05, 0) is 18.6 Å². The first-order valence-electron chi connectivity index (χ1n) is 4.25. The first kappa shape index (κ1) is 9.21. The average Bonchev–Trinajstić information content (AvgIpc) is 2.67. The van der Waals surface area contributed by atoms with Crippen molar-refractivity contribution in [3.8, 4) is 11.5 Å². The summed E-state index contributed by atoms with van der Waals surface area (Å²) < 4.78 is 5.35. The lowest BCUT2D eigenvalue weighted by Crippen LogP contribution is -1.81. The average molecular weight is 209 g/mol. The van der Waals surface area contributed by atoms with Gasteiger partial charge in [-0.2, -0.15) is 0 Å². The van der Waals surface area contributed by atoms with E-state index in [1.54, 1.807) is 0 Å². The van der Waals surface area contributed by atoms with Crippen molar-refractivity contribution in [1.29, 1.82) is 0 Å². The van der Waals surface area contributed by atoms with Crippen LogP contribution in [0.3, 0.4) is 0 Å². The molecule has 4 heteroatoms. The Morgan fingerprint density at radius 1 is 1.29 bits per heavy atom. The van der Waals surface area contributed by atoms with Crippen LogP contribution in [0.5, 0.6) is 0 Å². The molecule has 14 heavy (non-hydrogen) atoms. The Balaban J connectivity index is 2.44. The number of aromatic nitrogens is 2. The van der Waals surface area contributed by atoms with Crippen LogP contribution in [0.15, 0.2) is 28.7 Å². The molecular formula is C10H9ClN2O. The van der Waals surface area contributed by atoms with Crippen LogP contribution in [0.25, 0.3) is 11.5 Å². The number of aryl methyl sites for hydroxylation is 1. The minimum Gasteiger partial charge on any atom is -0.419 e. The SMILES string of the molecule is Cc1ccccc1-c1nnc(CCl)o1. The number of hydrogen-bond donors (Lipinski definition) is 0. The van der Waals surface area contributed by atoms with Gasteiger partial charge >= 0.3 is 0 Å². The highest BCUT2D eigenvalue weighted by Gasteiger charge is 2.08. The van der Waals surface area contributed by atoms with Crippen molar-refractivity contribution < 1.29 is 4.42 Å². The van der Waals surface area contributed by atoms with Crippen molar-refractivity contribution >= 4 is 11.6 Å². The zero-order chi connectivity index (χ0) is 9.97. The molecule has 0 aliphatic heterocycles. The fourth-order valence-electron chi connectivity index (χ4n) is 1.23. The van der Waals surface area contributed by atoms with E-state index >= 15 is 0 Å². The molecule has 2 aromatic rings. The second-order valence-electron chi connectivity index (χ2n) is 2.95. The summed E-state index contributed by atoms with van der Waals surface area (Å²) >= 11 is 5.57. The maximum absolute atomic E-state index is 5.57. The Kier molecular flexibility index (Phi) is 2.50. The highest BCUT2D eigenvalue weighted by atomic mass is 35.5. The molecule has 0 bridgehead atoms. The molecule has 2 rings (SSSR count). The van der Waals surface area contributed by atoms with Crippen LogP contribution in [-0.2, 0) is 5.88 Å². The van der Waals surface area contributed by atoms with E-state index in [-0.39, 0.29) is 5.88 Å². The summed E-state index contributed by atoms with van der Waals surface area (Å²) in [5.41, 5.74) is 2.06. The molecule has 1 heterocycles. The molecule has 1 aromatic heterocycles. The monoisotopic (exact) mass is 208 g/mol. The summed E-state index contributed by atoms with van der Waals surface area (Å²) in [7, 11) is 0. The summed E-state index contributed by atoms with van der Waals surface area (Å²) in [6.45, 7) is 2.00. The van der Waals surface area contributed by atoms with E-state index in [1.807, 2.05) is 31.2 Å². The van der Waals surface area contributed by atoms with Crippen molar-refractivity contribution in [3.63, 3.8) is 0 Å². The summed E-state index contributed by atoms with van der Waals surface area (Å²) in [4.78, 5) is 0. The number of halogens is 1. The number of nitrogens with zero attached hydrogens (tertiary/aromatic N) is 2. The fraction of sp³-hybridized carbons (Fsp3) is 0.200. The van der Waals surface area contributed by atoms with Gasteiger partial charge in [-0.1, -0.05) is 18.2 Å². The van der Waals surface area contributed by atoms with Crippen LogP contribution in [0.2, 0.25) is 0 Å². The van der Waals surface area contributed by atoms with Gasteiger partial charge in [0.05, 0.1) is 0 Å². The van der Waals surface area contributed by atoms with E-state index in [4.69, 9.17) is 16.0 Å². The minimum absolute atomic E-state index is 0.249. The van der Waals surface area contributed by atoms with E-state index in [0.29, 0.717) is 11.8 Å². The van der Waals surface area contributed by atoms with Gasteiger partial charge in [0.15, 0.2) is 0 Å². The zero-order valence-electron chi connectivity index (χ0n) is 7.70. The molecule has 0 aliphatic carbocycles. The maximum atomic E-state index is 5.57. The number of rotatable bonds is 2. The van der Waals surface area contributed by atoms with E-state index in [2.05, 4.69) is 10.2 Å². The number of benzene rings is 1. The molecule has 0 saturated heterocycles. The topological polar surface area (TPSA) is 38.9 Å². The molecule has 0 amide bonds. The molecule has 72 valence electrons. The largest absolute Gasteiger partial charge is 0.419 e. The second kappa shape index (κ2) is 3.80. The molecule has 0 fully saturated rings. The summed E-state index contributed by atoms with van der Waals surface area (Å²) in [6, 6.07) is 7.85. The second-order valence-corrected chi connectivity index (χ2v) is 3.22. The van der Waals surface area contributed by atoms with Gasteiger partial charge in [-0.3, -0.25) is 0 Å². The third kappa shape index (κ3) is 1.63. The van der Waals surface area contributed by atoms with Gasteiger partial charge in [0.25, 0.3) is 0 Å². The summed E-state index contributed by atoms with van der Waals surface area (Å²) in [5, 5.41) is 7.72. The van der Waals surface area contributed by atoms with Crippen LogP contribution >= 0.6 is 11.6 Å². The van der Waals surface area contributed by atoms with Gasteiger partial charge in [0.1, 0.15) is 5.88 Å². The zero-order valence-corrected chi connectivity index (χ0v) is 8.45. The molecule has 0 spiro atoms. The smallest absolute Gasteiger partial charge is 0.248 e.